The Bertz CT molecular complexity index is 45.5. The van der Waals surface area contributed by atoms with Crippen LogP contribution < -0.4 is 0 Å². The predicted molar refractivity (Wildman–Crippen MR) is 104 cm³/mol. The maximum atomic E-state index is 4.48. The quantitative estimate of drug-likeness (QED) is 0.371. The van der Waals surface area contributed by atoms with Crippen molar-refractivity contribution in [1.29, 1.82) is 0 Å². The van der Waals surface area contributed by atoms with Gasteiger partial charge in [-0.2, -0.15) is 73.5 Å². The van der Waals surface area contributed by atoms with Crippen molar-refractivity contribution >= 4 is 101 Å². The van der Waals surface area contributed by atoms with Gasteiger partial charge in [-0.05, 0) is 23.0 Å². The van der Waals surface area contributed by atoms with Gasteiger partial charge >= 0.3 is 26.2 Å². The van der Waals surface area contributed by atoms with Crippen LogP contribution in [0.15, 0.2) is 0 Å². The molecule has 17 heavy (non-hydrogen) atoms. The van der Waals surface area contributed by atoms with Crippen LogP contribution in [-0.4, -0.2) is 46.0 Å². The molecule has 0 bridgehead atoms. The van der Waals surface area contributed by atoms with Crippen LogP contribution in [0.2, 0.25) is 0 Å². The van der Waals surface area contributed by atoms with Crippen molar-refractivity contribution in [2.24, 2.45) is 0 Å². The van der Waals surface area contributed by atoms with E-state index >= 15 is 0 Å². The molecule has 0 aliphatic carbocycles. The molecule has 9 heteroatoms. The van der Waals surface area contributed by atoms with Gasteiger partial charge in [-0.1, -0.05) is 0 Å². The van der Waals surface area contributed by atoms with Crippen molar-refractivity contribution < 1.29 is 26.2 Å². The first-order valence-electron chi connectivity index (χ1n) is 4.42. The van der Waals surface area contributed by atoms with E-state index in [1.54, 1.807) is 0 Å². The zero-order valence-corrected chi connectivity index (χ0v) is 18.9. The average molecular weight is 464 g/mol. The molecule has 0 amide bonds. The number of rotatable bonds is 4. The van der Waals surface area contributed by atoms with Gasteiger partial charge in [-0.15, -0.1) is 0 Å². The fourth-order valence-electron chi connectivity index (χ4n) is 0. The van der Waals surface area contributed by atoms with Crippen LogP contribution in [0.25, 0.3) is 0 Å². The SMILES string of the molecule is [S-]CCS.[S-]CCS.[S-]CCS.[S-]CCS.[Zr+4]. The van der Waals surface area contributed by atoms with Gasteiger partial charge in [0.25, 0.3) is 0 Å². The van der Waals surface area contributed by atoms with Gasteiger partial charge in [0.05, 0.1) is 0 Å². The molecule has 0 saturated carbocycles. The van der Waals surface area contributed by atoms with Gasteiger partial charge in [0.15, 0.2) is 0 Å². The van der Waals surface area contributed by atoms with E-state index in [2.05, 4.69) is 101 Å². The van der Waals surface area contributed by atoms with Crippen molar-refractivity contribution in [3.8, 4) is 0 Å². The summed E-state index contributed by atoms with van der Waals surface area (Å²) < 4.78 is 0. The molecule has 0 aromatic heterocycles. The van der Waals surface area contributed by atoms with E-state index in [1.807, 2.05) is 0 Å². The Morgan fingerprint density at radius 2 is 0.529 bits per heavy atom. The summed E-state index contributed by atoms with van der Waals surface area (Å²) in [5, 5.41) is 0. The van der Waals surface area contributed by atoms with Gasteiger partial charge < -0.3 is 50.5 Å². The maximum Gasteiger partial charge on any atom is 4.00 e. The zero-order chi connectivity index (χ0) is 13.7. The van der Waals surface area contributed by atoms with E-state index in [0.29, 0.717) is 0 Å². The van der Waals surface area contributed by atoms with Gasteiger partial charge in [-0.3, -0.25) is 0 Å². The fraction of sp³-hybridized carbons (Fsp3) is 1.00. The van der Waals surface area contributed by atoms with Crippen LogP contribution in [0.1, 0.15) is 0 Å². The average Bonchev–Trinajstić information content (AvgIpc) is 2.39. The smallest absolute Gasteiger partial charge is 0.792 e. The van der Waals surface area contributed by atoms with Crippen LogP contribution >= 0.6 is 50.5 Å². The van der Waals surface area contributed by atoms with Gasteiger partial charge in [0.2, 0.25) is 0 Å². The molecule has 104 valence electrons. The van der Waals surface area contributed by atoms with E-state index in [0.717, 1.165) is 46.0 Å². The fourth-order valence-corrected chi connectivity index (χ4v) is 0. The van der Waals surface area contributed by atoms with Crippen molar-refractivity contribution in [3.05, 3.63) is 0 Å². The minimum atomic E-state index is 0. The molecule has 0 N–H and O–H groups in total. The Kier molecular flexibility index (Phi) is 96.5. The zero-order valence-electron chi connectivity index (χ0n) is 9.58. The van der Waals surface area contributed by atoms with E-state index in [9.17, 15) is 0 Å². The third kappa shape index (κ3) is 104. The molecule has 0 spiro atoms. The summed E-state index contributed by atoms with van der Waals surface area (Å²) in [7, 11) is 0. The summed E-state index contributed by atoms with van der Waals surface area (Å²) in [5.74, 6) is 6.38. The number of hydrogen-bond acceptors (Lipinski definition) is 8. The summed E-state index contributed by atoms with van der Waals surface area (Å²) in [4.78, 5) is 0. The van der Waals surface area contributed by atoms with E-state index in [-0.39, 0.29) is 26.2 Å². The second-order valence-corrected chi connectivity index (χ2v) is 5.13. The molecule has 0 heterocycles. The second-order valence-electron chi connectivity index (χ2n) is 1.71. The minimum Gasteiger partial charge on any atom is -0.792 e. The van der Waals surface area contributed by atoms with Crippen molar-refractivity contribution in [3.63, 3.8) is 0 Å². The molecule has 0 aromatic rings. The largest absolute Gasteiger partial charge is 4.00 e. The van der Waals surface area contributed by atoms with Crippen LogP contribution in [-0.2, 0) is 76.7 Å². The molecule has 0 fully saturated rings. The Balaban J connectivity index is -0.0000000369. The van der Waals surface area contributed by atoms with Gasteiger partial charge in [0.1, 0.15) is 0 Å². The van der Waals surface area contributed by atoms with Crippen molar-refractivity contribution in [1.82, 2.24) is 0 Å². The van der Waals surface area contributed by atoms with Crippen LogP contribution in [0, 0.1) is 0 Å². The Hall–Kier alpha value is 3.68. The standard InChI is InChI=1S/4C2H6S2.Zr/c4*3-1-2-4;/h4*3-4H,1-2H2;/q;;;;+4/p-4. The molecule has 0 atom stereocenters. The normalized spacial score (nSPS) is 7.06. The monoisotopic (exact) mass is 462 g/mol. The van der Waals surface area contributed by atoms with Gasteiger partial charge in [0, 0.05) is 0 Å². The summed E-state index contributed by atoms with van der Waals surface area (Å²) in [6.07, 6.45) is 0. The van der Waals surface area contributed by atoms with Crippen LogP contribution in [0.5, 0.6) is 0 Å². The topological polar surface area (TPSA) is 0 Å². The molecule has 0 rings (SSSR count). The summed E-state index contributed by atoms with van der Waals surface area (Å²) in [6, 6.07) is 0. The van der Waals surface area contributed by atoms with E-state index < -0.39 is 0 Å². The van der Waals surface area contributed by atoms with Gasteiger partial charge in [-0.25, -0.2) is 0 Å². The minimum absolute atomic E-state index is 0. The molecular weight excluding hydrogens is 444 g/mol. The van der Waals surface area contributed by atoms with Crippen molar-refractivity contribution in [2.45, 2.75) is 0 Å². The molecule has 0 radical (unpaired) electrons. The molecule has 0 aromatic carbocycles. The van der Waals surface area contributed by atoms with Crippen LogP contribution in [0.3, 0.4) is 0 Å². The summed E-state index contributed by atoms with van der Waals surface area (Å²) >= 11 is 33.2. The van der Waals surface area contributed by atoms with E-state index in [1.165, 1.54) is 0 Å². The molecule has 0 aliphatic heterocycles. The number of hydrogen-bond donors (Lipinski definition) is 4. The van der Waals surface area contributed by atoms with E-state index in [4.69, 9.17) is 0 Å². The maximum absolute atomic E-state index is 4.48. The Morgan fingerprint density at radius 1 is 0.471 bits per heavy atom. The first kappa shape index (κ1) is 32.6. The molecular formula is C8H20S8Zr. The predicted octanol–water partition coefficient (Wildman–Crippen LogP) is 1.85. The first-order valence-corrected chi connectivity index (χ1v) is 9.26. The molecule has 0 saturated heterocycles. The summed E-state index contributed by atoms with van der Waals surface area (Å²) in [6.45, 7) is 0. The molecule has 0 aliphatic rings. The molecule has 0 unspecified atom stereocenters. The third-order valence-corrected chi connectivity index (χ3v) is 3.29. The Morgan fingerprint density at radius 3 is 0.529 bits per heavy atom. The Labute approximate surface area is 171 Å². The second kappa shape index (κ2) is 50.3. The first-order chi connectivity index (χ1) is 7.66. The van der Waals surface area contributed by atoms with Crippen molar-refractivity contribution in [2.75, 3.05) is 46.0 Å². The number of thiol groups is 4. The molecule has 0 nitrogen and oxygen atoms in total. The third-order valence-electron chi connectivity index (χ3n) is 0.365. The summed E-state index contributed by atoms with van der Waals surface area (Å²) in [5.41, 5.74) is 0. The van der Waals surface area contributed by atoms with Crippen LogP contribution in [0.4, 0.5) is 0 Å².